The van der Waals surface area contributed by atoms with Gasteiger partial charge in [0.15, 0.2) is 5.78 Å². The fourth-order valence-corrected chi connectivity index (χ4v) is 6.96. The highest BCUT2D eigenvalue weighted by molar-refractivity contribution is 7.89. The van der Waals surface area contributed by atoms with Gasteiger partial charge in [-0.25, -0.2) is 16.8 Å². The number of hydrogen-bond donors (Lipinski definition) is 1. The maximum atomic E-state index is 12.7. The molecule has 33 heavy (non-hydrogen) atoms. The number of carbonyl (C=O) groups excluding carboxylic acids is 1. The predicted molar refractivity (Wildman–Crippen MR) is 128 cm³/mol. The summed E-state index contributed by atoms with van der Waals surface area (Å²) < 4.78 is 53.8. The van der Waals surface area contributed by atoms with Crippen LogP contribution in [-0.4, -0.2) is 64.0 Å². The van der Waals surface area contributed by atoms with Crippen molar-refractivity contribution in [3.05, 3.63) is 54.1 Å². The summed E-state index contributed by atoms with van der Waals surface area (Å²) in [5, 5.41) is 2.99. The average Bonchev–Trinajstić information content (AvgIpc) is 3.35. The number of benzene rings is 2. The number of nitrogens with one attached hydrogen (secondary N) is 1. The van der Waals surface area contributed by atoms with Crippen LogP contribution >= 0.6 is 0 Å². The van der Waals surface area contributed by atoms with Crippen LogP contribution in [0.25, 0.3) is 0 Å². The lowest BCUT2D eigenvalue weighted by molar-refractivity contribution is -0.116. The summed E-state index contributed by atoms with van der Waals surface area (Å²) >= 11 is 0. The second-order valence-electron chi connectivity index (χ2n) is 7.94. The van der Waals surface area contributed by atoms with Gasteiger partial charge in [-0.1, -0.05) is 32.0 Å². The number of hydrogen-bond acceptors (Lipinski definition) is 6. The first kappa shape index (κ1) is 25.4. The zero-order valence-electron chi connectivity index (χ0n) is 19.0. The molecule has 10 heteroatoms. The van der Waals surface area contributed by atoms with Gasteiger partial charge in [0.05, 0.1) is 16.3 Å². The molecule has 0 aliphatic carbocycles. The van der Waals surface area contributed by atoms with E-state index < -0.39 is 20.0 Å². The van der Waals surface area contributed by atoms with Crippen molar-refractivity contribution in [1.29, 1.82) is 0 Å². The molecule has 0 aromatic heterocycles. The van der Waals surface area contributed by atoms with Gasteiger partial charge in [0.2, 0.25) is 20.0 Å². The molecule has 1 saturated heterocycles. The Labute approximate surface area is 196 Å². The number of rotatable bonds is 11. The number of sulfonamides is 2. The van der Waals surface area contributed by atoms with E-state index in [2.05, 4.69) is 5.32 Å². The lowest BCUT2D eigenvalue weighted by Gasteiger charge is -2.18. The van der Waals surface area contributed by atoms with Crippen molar-refractivity contribution in [2.24, 2.45) is 0 Å². The zero-order chi connectivity index (χ0) is 24.1. The summed E-state index contributed by atoms with van der Waals surface area (Å²) in [5.74, 6) is -0.139. The minimum Gasteiger partial charge on any atom is -0.378 e. The molecule has 0 amide bonds. The van der Waals surface area contributed by atoms with Gasteiger partial charge in [0.25, 0.3) is 0 Å². The molecule has 1 aliphatic rings. The molecule has 180 valence electrons. The minimum absolute atomic E-state index is 0.000236. The fraction of sp³-hybridized carbons (Fsp3) is 0.435. The molecule has 1 heterocycles. The van der Waals surface area contributed by atoms with E-state index in [9.17, 15) is 21.6 Å². The molecule has 0 radical (unpaired) electrons. The van der Waals surface area contributed by atoms with Crippen LogP contribution < -0.4 is 5.32 Å². The van der Waals surface area contributed by atoms with Crippen molar-refractivity contribution in [1.82, 2.24) is 8.61 Å². The number of anilines is 1. The standard InChI is InChI=1S/C23H31N3O5S2/c1-3-25(4-2)32(28,29)22-11-7-9-19(16-22)15-21(27)18-24-20-10-8-12-23(17-20)33(30,31)26-13-5-6-14-26/h7-12,16-17,24H,3-6,13-15,18H2,1-2H3. The molecule has 0 spiro atoms. The third-order valence-electron chi connectivity index (χ3n) is 5.67. The molecular weight excluding hydrogens is 462 g/mol. The molecule has 0 unspecified atom stereocenters. The van der Waals surface area contributed by atoms with Crippen LogP contribution in [-0.2, 0) is 31.3 Å². The molecule has 1 aliphatic heterocycles. The van der Waals surface area contributed by atoms with Gasteiger partial charge < -0.3 is 5.32 Å². The molecule has 8 nitrogen and oxygen atoms in total. The molecule has 2 aromatic rings. The molecule has 1 fully saturated rings. The molecule has 1 N–H and O–H groups in total. The van der Waals surface area contributed by atoms with E-state index in [0.717, 1.165) is 12.8 Å². The zero-order valence-corrected chi connectivity index (χ0v) is 20.7. The van der Waals surface area contributed by atoms with Crippen LogP contribution in [0.15, 0.2) is 58.3 Å². The molecule has 0 atom stereocenters. The molecule has 0 bridgehead atoms. The van der Waals surface area contributed by atoms with E-state index in [0.29, 0.717) is 37.4 Å². The van der Waals surface area contributed by atoms with Crippen molar-refractivity contribution < 1.29 is 21.6 Å². The van der Waals surface area contributed by atoms with Gasteiger partial charge in [0.1, 0.15) is 0 Å². The monoisotopic (exact) mass is 493 g/mol. The Morgan fingerprint density at radius 2 is 1.58 bits per heavy atom. The first-order valence-corrected chi connectivity index (χ1v) is 14.0. The quantitative estimate of drug-likeness (QED) is 0.516. The third-order valence-corrected chi connectivity index (χ3v) is 9.61. The van der Waals surface area contributed by atoms with E-state index in [1.54, 1.807) is 44.2 Å². The van der Waals surface area contributed by atoms with Gasteiger partial charge in [-0.15, -0.1) is 0 Å². The number of ketones is 1. The smallest absolute Gasteiger partial charge is 0.243 e. The van der Waals surface area contributed by atoms with Crippen LogP contribution in [0, 0.1) is 0 Å². The fourth-order valence-electron chi connectivity index (χ4n) is 3.86. The summed E-state index contributed by atoms with van der Waals surface area (Å²) in [4.78, 5) is 12.9. The Bertz CT molecular complexity index is 1190. The minimum atomic E-state index is -3.60. The number of nitrogens with zero attached hydrogens (tertiary/aromatic N) is 2. The largest absolute Gasteiger partial charge is 0.378 e. The first-order chi connectivity index (χ1) is 15.7. The van der Waals surface area contributed by atoms with Gasteiger partial charge in [-0.05, 0) is 48.7 Å². The van der Waals surface area contributed by atoms with Crippen LogP contribution in [0.4, 0.5) is 5.69 Å². The second kappa shape index (κ2) is 10.8. The Kier molecular flexibility index (Phi) is 8.28. The maximum absolute atomic E-state index is 12.7. The SMILES string of the molecule is CCN(CC)S(=O)(=O)c1cccc(CC(=O)CNc2cccc(S(=O)(=O)N3CCCC3)c2)c1. The predicted octanol–water partition coefficient (Wildman–Crippen LogP) is 2.73. The molecule has 2 aromatic carbocycles. The lowest BCUT2D eigenvalue weighted by Crippen LogP contribution is -2.30. The maximum Gasteiger partial charge on any atom is 0.243 e. The topological polar surface area (TPSA) is 104 Å². The third kappa shape index (κ3) is 6.00. The van der Waals surface area contributed by atoms with Crippen molar-refractivity contribution in [2.45, 2.75) is 42.9 Å². The lowest BCUT2D eigenvalue weighted by atomic mass is 10.1. The Hall–Kier alpha value is -2.27. The van der Waals surface area contributed by atoms with E-state index in [-0.39, 0.29) is 28.5 Å². The van der Waals surface area contributed by atoms with Crippen molar-refractivity contribution in [3.63, 3.8) is 0 Å². The molecular formula is C23H31N3O5S2. The van der Waals surface area contributed by atoms with E-state index in [4.69, 9.17) is 0 Å². The Morgan fingerprint density at radius 3 is 2.24 bits per heavy atom. The first-order valence-electron chi connectivity index (χ1n) is 11.1. The summed E-state index contributed by atoms with van der Waals surface area (Å²) in [6.07, 6.45) is 1.80. The van der Waals surface area contributed by atoms with Crippen LogP contribution in [0.5, 0.6) is 0 Å². The van der Waals surface area contributed by atoms with Crippen molar-refractivity contribution >= 4 is 31.5 Å². The number of Topliss-reactive ketones (excluding diaryl/α,β-unsaturated/α-hetero) is 1. The van der Waals surface area contributed by atoms with Crippen LogP contribution in [0.3, 0.4) is 0 Å². The van der Waals surface area contributed by atoms with Crippen molar-refractivity contribution in [3.8, 4) is 0 Å². The Balaban J connectivity index is 1.65. The normalized spacial score (nSPS) is 15.1. The highest BCUT2D eigenvalue weighted by atomic mass is 32.2. The summed E-state index contributed by atoms with van der Waals surface area (Å²) in [6.45, 7) is 5.37. The summed E-state index contributed by atoms with van der Waals surface area (Å²) in [5.41, 5.74) is 1.15. The van der Waals surface area contributed by atoms with E-state index in [1.807, 2.05) is 0 Å². The van der Waals surface area contributed by atoms with Gasteiger partial charge >= 0.3 is 0 Å². The van der Waals surface area contributed by atoms with Crippen LogP contribution in [0.2, 0.25) is 0 Å². The van der Waals surface area contributed by atoms with Crippen molar-refractivity contribution in [2.75, 3.05) is 38.0 Å². The Morgan fingerprint density at radius 1 is 0.939 bits per heavy atom. The number of carbonyl (C=O) groups is 1. The molecule has 3 rings (SSSR count). The van der Waals surface area contributed by atoms with Gasteiger partial charge in [-0.3, -0.25) is 4.79 Å². The second-order valence-corrected chi connectivity index (χ2v) is 11.8. The molecule has 0 saturated carbocycles. The average molecular weight is 494 g/mol. The van der Waals surface area contributed by atoms with Gasteiger partial charge in [0, 0.05) is 38.3 Å². The van der Waals surface area contributed by atoms with Crippen LogP contribution in [0.1, 0.15) is 32.3 Å². The van der Waals surface area contributed by atoms with E-state index in [1.165, 1.54) is 26.8 Å². The summed E-state index contributed by atoms with van der Waals surface area (Å²) in [7, 11) is -7.13. The highest BCUT2D eigenvalue weighted by Crippen LogP contribution is 2.23. The highest BCUT2D eigenvalue weighted by Gasteiger charge is 2.27. The van der Waals surface area contributed by atoms with Gasteiger partial charge in [-0.2, -0.15) is 8.61 Å². The van der Waals surface area contributed by atoms with E-state index >= 15 is 0 Å². The summed E-state index contributed by atoms with van der Waals surface area (Å²) in [6, 6.07) is 12.9.